The Morgan fingerprint density at radius 1 is 1.00 bits per heavy atom. The summed E-state index contributed by atoms with van der Waals surface area (Å²) in [7, 11) is 0. The number of hydrogen-bond acceptors (Lipinski definition) is 3. The van der Waals surface area contributed by atoms with Gasteiger partial charge in [0.1, 0.15) is 0 Å². The first kappa shape index (κ1) is 14.4. The third kappa shape index (κ3) is 3.51. The molecule has 0 aliphatic carbocycles. The average molecular weight is 336 g/mol. The van der Waals surface area contributed by atoms with E-state index in [-0.39, 0.29) is 10.3 Å². The molecule has 0 aromatic heterocycles. The number of carbonyl (C=O) groups excluding carboxylic acids is 1. The van der Waals surface area contributed by atoms with Gasteiger partial charge in [-0.1, -0.05) is 0 Å². The van der Waals surface area contributed by atoms with Crippen LogP contribution in [-0.2, 0) is 3.74 Å². The number of hydrogen-bond donors (Lipinski definition) is 4. The van der Waals surface area contributed by atoms with Gasteiger partial charge < -0.3 is 0 Å². The van der Waals surface area contributed by atoms with Crippen molar-refractivity contribution in [3.8, 4) is 0 Å². The second kappa shape index (κ2) is 5.54. The molecule has 0 heterocycles. The van der Waals surface area contributed by atoms with Crippen molar-refractivity contribution in [3.05, 3.63) is 54.1 Å². The Morgan fingerprint density at radius 2 is 1.55 bits per heavy atom. The maximum absolute atomic E-state index is 11.9. The molecule has 20 heavy (non-hydrogen) atoms. The Balaban J connectivity index is 2.12. The Hall–Kier alpha value is -2.01. The number of carbonyl (C=O) groups is 1. The van der Waals surface area contributed by atoms with E-state index in [1.165, 1.54) is 24.3 Å². The van der Waals surface area contributed by atoms with Crippen LogP contribution in [0.1, 0.15) is 10.4 Å². The molecular formula is C13H13AsN2O4. The van der Waals surface area contributed by atoms with Gasteiger partial charge in [0, 0.05) is 0 Å². The number of rotatable bonds is 3. The molecule has 5 N–H and O–H groups in total. The van der Waals surface area contributed by atoms with E-state index in [4.69, 9.17) is 13.9 Å². The van der Waals surface area contributed by atoms with Crippen LogP contribution in [0.3, 0.4) is 0 Å². The standard InChI is InChI=1S/C13H13AsN2O4/c15-11-5-1-9(2-6-11)13(17)16-12-7-3-10(4-8-12)14(18,19)20/h1-8H,15H2,(H,16,17)(H2,18,19,20). The van der Waals surface area contributed by atoms with Crippen LogP contribution in [0.4, 0.5) is 11.4 Å². The van der Waals surface area contributed by atoms with Crippen molar-refractivity contribution < 1.29 is 16.7 Å². The van der Waals surface area contributed by atoms with E-state index < -0.39 is 14.2 Å². The number of nitrogen functional groups attached to an aromatic ring is 1. The molecule has 0 saturated heterocycles. The molecule has 0 bridgehead atoms. The van der Waals surface area contributed by atoms with Crippen LogP contribution in [0, 0.1) is 0 Å². The summed E-state index contributed by atoms with van der Waals surface area (Å²) in [6.45, 7) is 0. The van der Waals surface area contributed by atoms with Gasteiger partial charge in [0.25, 0.3) is 0 Å². The zero-order valence-corrected chi connectivity index (χ0v) is 12.2. The third-order valence-corrected chi connectivity index (χ3v) is 4.67. The van der Waals surface area contributed by atoms with Crippen LogP contribution in [0.25, 0.3) is 0 Å². The molecule has 0 aliphatic heterocycles. The van der Waals surface area contributed by atoms with Crippen molar-refractivity contribution in [3.63, 3.8) is 0 Å². The van der Waals surface area contributed by atoms with Crippen LogP contribution in [0.15, 0.2) is 48.5 Å². The van der Waals surface area contributed by atoms with E-state index in [2.05, 4.69) is 5.32 Å². The Morgan fingerprint density at radius 3 is 2.05 bits per heavy atom. The van der Waals surface area contributed by atoms with Crippen molar-refractivity contribution in [2.75, 3.05) is 11.1 Å². The van der Waals surface area contributed by atoms with Crippen LogP contribution in [0.2, 0.25) is 0 Å². The summed E-state index contributed by atoms with van der Waals surface area (Å²) in [5.41, 5.74) is 7.00. The molecule has 0 aliphatic rings. The monoisotopic (exact) mass is 336 g/mol. The SMILES string of the molecule is Nc1ccc(C(=O)Nc2ccc([As](=O)(O)O)cc2)cc1. The fourth-order valence-electron chi connectivity index (χ4n) is 1.58. The van der Waals surface area contributed by atoms with E-state index in [0.717, 1.165) is 0 Å². The molecule has 104 valence electrons. The summed E-state index contributed by atoms with van der Waals surface area (Å²) in [4.78, 5) is 11.9. The van der Waals surface area contributed by atoms with Crippen molar-refractivity contribution in [2.24, 2.45) is 0 Å². The third-order valence-electron chi connectivity index (χ3n) is 2.63. The molecule has 6 nitrogen and oxygen atoms in total. The first-order chi connectivity index (χ1) is 9.36. The van der Waals surface area contributed by atoms with E-state index >= 15 is 0 Å². The van der Waals surface area contributed by atoms with Gasteiger partial charge in [-0.3, -0.25) is 0 Å². The number of nitrogens with one attached hydrogen (secondary N) is 1. The van der Waals surface area contributed by atoms with E-state index in [9.17, 15) is 8.53 Å². The van der Waals surface area contributed by atoms with Crippen LogP contribution >= 0.6 is 0 Å². The molecule has 1 amide bonds. The molecule has 2 aromatic rings. The molecule has 0 radical (unpaired) electrons. The van der Waals surface area contributed by atoms with E-state index in [1.807, 2.05) is 0 Å². The van der Waals surface area contributed by atoms with Gasteiger partial charge in [-0.15, -0.1) is 0 Å². The van der Waals surface area contributed by atoms with E-state index in [1.54, 1.807) is 24.3 Å². The van der Waals surface area contributed by atoms with Crippen LogP contribution in [0.5, 0.6) is 0 Å². The van der Waals surface area contributed by atoms with Crippen LogP contribution in [-0.4, -0.2) is 28.3 Å². The van der Waals surface area contributed by atoms with Gasteiger partial charge in [-0.25, -0.2) is 0 Å². The van der Waals surface area contributed by atoms with Gasteiger partial charge >= 0.3 is 118 Å². The molecule has 7 heteroatoms. The fraction of sp³-hybridized carbons (Fsp3) is 0. The number of nitrogens with two attached hydrogens (primary N) is 1. The number of amides is 1. The minimum absolute atomic E-state index is 0.0337. The molecule has 2 rings (SSSR count). The summed E-state index contributed by atoms with van der Waals surface area (Å²) in [5, 5.41) is 2.63. The molecule has 0 unspecified atom stereocenters. The topological polar surface area (TPSA) is 113 Å². The quantitative estimate of drug-likeness (QED) is 0.468. The predicted octanol–water partition coefficient (Wildman–Crippen LogP) is 0.0821. The fourth-order valence-corrected chi connectivity index (χ4v) is 2.70. The predicted molar refractivity (Wildman–Crippen MR) is 75.8 cm³/mol. The Kier molecular flexibility index (Phi) is 3.99. The second-order valence-corrected chi connectivity index (χ2v) is 7.53. The molecular weight excluding hydrogens is 323 g/mol. The number of anilines is 2. The number of benzene rings is 2. The van der Waals surface area contributed by atoms with E-state index in [0.29, 0.717) is 16.9 Å². The molecule has 0 saturated carbocycles. The van der Waals surface area contributed by atoms with Gasteiger partial charge in [0.05, 0.1) is 0 Å². The molecule has 0 atom stereocenters. The van der Waals surface area contributed by atoms with Crippen LogP contribution < -0.4 is 15.4 Å². The van der Waals surface area contributed by atoms with Crippen molar-refractivity contribution in [2.45, 2.75) is 0 Å². The summed E-state index contributed by atoms with van der Waals surface area (Å²) in [5.74, 6) is -0.320. The Labute approximate surface area is 118 Å². The minimum atomic E-state index is -4.88. The zero-order valence-electron chi connectivity index (χ0n) is 10.4. The van der Waals surface area contributed by atoms with Crippen molar-refractivity contribution in [1.82, 2.24) is 0 Å². The van der Waals surface area contributed by atoms with Gasteiger partial charge in [0.15, 0.2) is 0 Å². The van der Waals surface area contributed by atoms with Gasteiger partial charge in [-0.2, -0.15) is 0 Å². The maximum atomic E-state index is 11.9. The Bertz CT molecular complexity index is 662. The van der Waals surface area contributed by atoms with Crippen molar-refractivity contribution >= 4 is 35.8 Å². The summed E-state index contributed by atoms with van der Waals surface area (Å²) in [6, 6.07) is 11.9. The second-order valence-electron chi connectivity index (χ2n) is 4.17. The summed E-state index contributed by atoms with van der Waals surface area (Å²) in [6.07, 6.45) is 0. The zero-order chi connectivity index (χ0) is 14.8. The summed E-state index contributed by atoms with van der Waals surface area (Å²) >= 11 is -4.88. The summed E-state index contributed by atoms with van der Waals surface area (Å²) < 4.78 is 29.1. The van der Waals surface area contributed by atoms with Gasteiger partial charge in [0.2, 0.25) is 0 Å². The van der Waals surface area contributed by atoms with Gasteiger partial charge in [-0.05, 0) is 0 Å². The van der Waals surface area contributed by atoms with Crippen molar-refractivity contribution in [1.29, 1.82) is 0 Å². The molecule has 0 fully saturated rings. The molecule has 2 aromatic carbocycles. The average Bonchev–Trinajstić information content (AvgIpc) is 2.39. The first-order valence-corrected chi connectivity index (χ1v) is 9.07. The normalized spacial score (nSPS) is 11.1. The first-order valence-electron chi connectivity index (χ1n) is 5.69. The molecule has 0 spiro atoms.